The normalized spacial score (nSPS) is 31.0. The van der Waals surface area contributed by atoms with E-state index in [1.165, 1.54) is 35.9 Å². The second-order valence-electron chi connectivity index (χ2n) is 4.53. The van der Waals surface area contributed by atoms with Crippen LogP contribution in [-0.2, 0) is 0 Å². The van der Waals surface area contributed by atoms with E-state index in [0.29, 0.717) is 12.1 Å². The minimum atomic E-state index is 0.377. The van der Waals surface area contributed by atoms with Gasteiger partial charge in [-0.25, -0.2) is 0 Å². The zero-order valence-corrected chi connectivity index (χ0v) is 14.3. The fourth-order valence-electron chi connectivity index (χ4n) is 1.56. The quantitative estimate of drug-likeness (QED) is 0.713. The van der Waals surface area contributed by atoms with Crippen LogP contribution in [0.15, 0.2) is 0 Å². The minimum Gasteiger partial charge on any atom is -0.326 e. The topological polar surface area (TPSA) is 52.0 Å². The second kappa shape index (κ2) is 12.1. The van der Waals surface area contributed by atoms with E-state index in [1.54, 1.807) is 0 Å². The highest BCUT2D eigenvalue weighted by Gasteiger charge is 2.06. The molecule has 1 rings (SSSR count). The van der Waals surface area contributed by atoms with Crippen molar-refractivity contribution in [1.82, 2.24) is 0 Å². The molecule has 0 aromatic rings. The van der Waals surface area contributed by atoms with Gasteiger partial charge < -0.3 is 11.5 Å². The molecule has 0 atom stereocenters. The van der Waals surface area contributed by atoms with Crippen molar-refractivity contribution in [3.63, 3.8) is 0 Å². The van der Waals surface area contributed by atoms with Gasteiger partial charge in [0.2, 0.25) is 0 Å². The molecule has 1 aliphatic rings. The van der Waals surface area contributed by atoms with E-state index in [2.05, 4.69) is 0 Å². The van der Waals surface area contributed by atoms with E-state index < -0.39 is 0 Å². The fraction of sp³-hybridized carbons (Fsp3) is 1.00. The SMILES string of the molecule is NC1CSCCCSCC(N)CSCCCSC1. The van der Waals surface area contributed by atoms with Gasteiger partial charge in [0.1, 0.15) is 0 Å². The molecule has 2 nitrogen and oxygen atoms in total. The first-order valence-electron chi connectivity index (χ1n) is 6.61. The Labute approximate surface area is 129 Å². The maximum Gasteiger partial charge on any atom is 0.0222 e. The highest BCUT2D eigenvalue weighted by Crippen LogP contribution is 2.15. The molecular formula is C12H26N2S4. The smallest absolute Gasteiger partial charge is 0.0222 e. The fourth-order valence-corrected chi connectivity index (χ4v) is 5.97. The van der Waals surface area contributed by atoms with Crippen molar-refractivity contribution in [3.05, 3.63) is 0 Å². The lowest BCUT2D eigenvalue weighted by atomic mass is 10.4. The van der Waals surface area contributed by atoms with Gasteiger partial charge in [0, 0.05) is 35.1 Å². The summed E-state index contributed by atoms with van der Waals surface area (Å²) in [5.41, 5.74) is 12.2. The summed E-state index contributed by atoms with van der Waals surface area (Å²) in [5, 5.41) is 0. The Morgan fingerprint density at radius 3 is 1.11 bits per heavy atom. The van der Waals surface area contributed by atoms with Crippen LogP contribution in [-0.4, -0.2) is 58.1 Å². The largest absolute Gasteiger partial charge is 0.326 e. The van der Waals surface area contributed by atoms with Gasteiger partial charge in [0.05, 0.1) is 0 Å². The van der Waals surface area contributed by atoms with Crippen LogP contribution < -0.4 is 11.5 Å². The molecule has 0 aromatic carbocycles. The Hall–Kier alpha value is 1.32. The third-order valence-corrected chi connectivity index (χ3v) is 7.45. The lowest BCUT2D eigenvalue weighted by Crippen LogP contribution is -2.27. The first-order chi connectivity index (χ1) is 8.79. The molecule has 1 fully saturated rings. The molecule has 1 aliphatic heterocycles. The van der Waals surface area contributed by atoms with E-state index >= 15 is 0 Å². The first-order valence-corrected chi connectivity index (χ1v) is 11.2. The highest BCUT2D eigenvalue weighted by molar-refractivity contribution is 8.01. The van der Waals surface area contributed by atoms with Crippen molar-refractivity contribution in [2.45, 2.75) is 24.9 Å². The summed E-state index contributed by atoms with van der Waals surface area (Å²) in [4.78, 5) is 0. The molecular weight excluding hydrogens is 300 g/mol. The second-order valence-corrected chi connectivity index (χ2v) is 9.13. The molecule has 0 spiro atoms. The van der Waals surface area contributed by atoms with Crippen molar-refractivity contribution >= 4 is 47.0 Å². The van der Waals surface area contributed by atoms with Crippen LogP contribution in [0.2, 0.25) is 0 Å². The summed E-state index contributed by atoms with van der Waals surface area (Å²) in [7, 11) is 0. The van der Waals surface area contributed by atoms with Crippen molar-refractivity contribution in [2.24, 2.45) is 11.5 Å². The molecule has 0 aliphatic carbocycles. The molecule has 18 heavy (non-hydrogen) atoms. The Balaban J connectivity index is 2.17. The van der Waals surface area contributed by atoms with Crippen molar-refractivity contribution in [2.75, 3.05) is 46.0 Å². The van der Waals surface area contributed by atoms with Gasteiger partial charge in [-0.1, -0.05) is 0 Å². The summed E-state index contributed by atoms with van der Waals surface area (Å²) in [6.07, 6.45) is 2.57. The maximum absolute atomic E-state index is 6.09. The monoisotopic (exact) mass is 326 g/mol. The third kappa shape index (κ3) is 10.1. The zero-order chi connectivity index (χ0) is 13.1. The van der Waals surface area contributed by atoms with Crippen LogP contribution in [0.5, 0.6) is 0 Å². The van der Waals surface area contributed by atoms with Gasteiger partial charge >= 0.3 is 0 Å². The predicted molar refractivity (Wildman–Crippen MR) is 94.5 cm³/mol. The van der Waals surface area contributed by atoms with Crippen LogP contribution in [0.1, 0.15) is 12.8 Å². The van der Waals surface area contributed by atoms with E-state index in [9.17, 15) is 0 Å². The van der Waals surface area contributed by atoms with E-state index in [4.69, 9.17) is 11.5 Å². The molecule has 108 valence electrons. The van der Waals surface area contributed by atoms with E-state index in [0.717, 1.165) is 23.0 Å². The Bertz CT molecular complexity index is 159. The van der Waals surface area contributed by atoms with Crippen LogP contribution >= 0.6 is 47.0 Å². The number of thioether (sulfide) groups is 4. The number of hydrogen-bond acceptors (Lipinski definition) is 6. The minimum absolute atomic E-state index is 0.377. The number of rotatable bonds is 0. The van der Waals surface area contributed by atoms with Gasteiger partial charge in [0.15, 0.2) is 0 Å². The van der Waals surface area contributed by atoms with E-state index in [1.807, 2.05) is 47.0 Å². The lowest BCUT2D eigenvalue weighted by Gasteiger charge is -2.13. The Morgan fingerprint density at radius 1 is 0.556 bits per heavy atom. The van der Waals surface area contributed by atoms with Gasteiger partial charge in [-0.05, 0) is 35.9 Å². The Kier molecular flexibility index (Phi) is 11.7. The Morgan fingerprint density at radius 2 is 0.833 bits per heavy atom. The third-order valence-electron chi connectivity index (χ3n) is 2.48. The lowest BCUT2D eigenvalue weighted by molar-refractivity contribution is 0.854. The molecule has 1 saturated heterocycles. The molecule has 4 N–H and O–H groups in total. The molecule has 0 bridgehead atoms. The summed E-state index contributed by atoms with van der Waals surface area (Å²) < 4.78 is 0. The molecule has 1 heterocycles. The van der Waals surface area contributed by atoms with Gasteiger partial charge in [-0.3, -0.25) is 0 Å². The molecule has 0 aromatic heterocycles. The average molecular weight is 327 g/mol. The highest BCUT2D eigenvalue weighted by atomic mass is 32.2. The van der Waals surface area contributed by atoms with Crippen molar-refractivity contribution < 1.29 is 0 Å². The summed E-state index contributed by atoms with van der Waals surface area (Å²) in [6, 6.07) is 0.753. The van der Waals surface area contributed by atoms with E-state index in [-0.39, 0.29) is 0 Å². The number of hydrogen-bond donors (Lipinski definition) is 2. The van der Waals surface area contributed by atoms with Gasteiger partial charge in [-0.2, -0.15) is 47.0 Å². The predicted octanol–water partition coefficient (Wildman–Crippen LogP) is 2.37. The van der Waals surface area contributed by atoms with Gasteiger partial charge in [-0.15, -0.1) is 0 Å². The summed E-state index contributed by atoms with van der Waals surface area (Å²) in [5.74, 6) is 9.45. The summed E-state index contributed by atoms with van der Waals surface area (Å²) in [6.45, 7) is 0. The van der Waals surface area contributed by atoms with Crippen LogP contribution in [0.4, 0.5) is 0 Å². The molecule has 0 amide bonds. The van der Waals surface area contributed by atoms with Crippen LogP contribution in [0.25, 0.3) is 0 Å². The van der Waals surface area contributed by atoms with Crippen LogP contribution in [0, 0.1) is 0 Å². The molecule has 0 radical (unpaired) electrons. The standard InChI is InChI=1S/C12H26N2S4/c13-11-7-15-3-1-4-16-8-12(14)10-18-6-2-5-17-9-11/h11-12H,1-10,13-14H2. The van der Waals surface area contributed by atoms with Crippen molar-refractivity contribution in [3.8, 4) is 0 Å². The molecule has 6 heteroatoms. The molecule has 0 unspecified atom stereocenters. The first kappa shape index (κ1) is 17.4. The average Bonchev–Trinajstić information content (AvgIpc) is 2.35. The van der Waals surface area contributed by atoms with Crippen molar-refractivity contribution in [1.29, 1.82) is 0 Å². The zero-order valence-electron chi connectivity index (χ0n) is 11.0. The molecule has 0 saturated carbocycles. The van der Waals surface area contributed by atoms with Gasteiger partial charge in [0.25, 0.3) is 0 Å². The maximum atomic E-state index is 6.09. The summed E-state index contributed by atoms with van der Waals surface area (Å²) >= 11 is 8.04. The van der Waals surface area contributed by atoms with Crippen LogP contribution in [0.3, 0.4) is 0 Å². The number of nitrogens with two attached hydrogens (primary N) is 2.